The van der Waals surface area contributed by atoms with Crippen molar-refractivity contribution in [3.63, 3.8) is 0 Å². The summed E-state index contributed by atoms with van der Waals surface area (Å²) in [6.45, 7) is 0.253. The van der Waals surface area contributed by atoms with Crippen molar-refractivity contribution >= 4 is 42.7 Å². The molecule has 1 aromatic carbocycles. The monoisotopic (exact) mass is 368 g/mol. The standard InChI is InChI=1S/C10H13BrN2O4S2/c1-18(15)5-4-13-10(14)7-2-3-8(11)9(6-7)19(12,16)17/h2-3,6H,4-5H2,1H3,(H,13,14)(H2,12,16,17). The lowest BCUT2D eigenvalue weighted by atomic mass is 10.2. The number of rotatable bonds is 5. The van der Waals surface area contributed by atoms with Crippen molar-refractivity contribution in [1.29, 1.82) is 0 Å². The molecule has 1 rings (SSSR count). The fourth-order valence-corrected chi connectivity index (χ4v) is 3.22. The Morgan fingerprint density at radius 3 is 2.63 bits per heavy atom. The van der Waals surface area contributed by atoms with Gasteiger partial charge >= 0.3 is 0 Å². The molecule has 3 N–H and O–H groups in total. The number of hydrogen-bond acceptors (Lipinski definition) is 4. The third kappa shape index (κ3) is 5.01. The summed E-state index contributed by atoms with van der Waals surface area (Å²) >= 11 is 3.06. The van der Waals surface area contributed by atoms with E-state index < -0.39 is 26.7 Å². The first-order valence-corrected chi connectivity index (χ1v) is 9.19. The maximum absolute atomic E-state index is 11.8. The molecule has 0 bridgehead atoms. The van der Waals surface area contributed by atoms with E-state index in [-0.39, 0.29) is 17.0 Å². The smallest absolute Gasteiger partial charge is 0.251 e. The summed E-state index contributed by atoms with van der Waals surface area (Å²) in [5.41, 5.74) is 0.175. The molecule has 0 aliphatic rings. The first-order valence-electron chi connectivity index (χ1n) is 5.12. The first-order chi connectivity index (χ1) is 8.71. The number of nitrogens with one attached hydrogen (secondary N) is 1. The number of primary sulfonamides is 1. The van der Waals surface area contributed by atoms with Gasteiger partial charge in [0.25, 0.3) is 5.91 Å². The molecule has 106 valence electrons. The Hall–Kier alpha value is -0.770. The van der Waals surface area contributed by atoms with Crippen molar-refractivity contribution in [3.05, 3.63) is 28.2 Å². The Labute approximate surface area is 122 Å². The Morgan fingerprint density at radius 2 is 2.11 bits per heavy atom. The third-order valence-electron chi connectivity index (χ3n) is 2.17. The molecule has 1 aromatic rings. The van der Waals surface area contributed by atoms with Crippen LogP contribution in [0.1, 0.15) is 10.4 Å². The van der Waals surface area contributed by atoms with Crippen molar-refractivity contribution in [1.82, 2.24) is 5.32 Å². The summed E-state index contributed by atoms with van der Waals surface area (Å²) in [4.78, 5) is 11.6. The first kappa shape index (κ1) is 16.3. The van der Waals surface area contributed by atoms with Crippen molar-refractivity contribution < 1.29 is 17.4 Å². The highest BCUT2D eigenvalue weighted by Crippen LogP contribution is 2.21. The molecule has 19 heavy (non-hydrogen) atoms. The second-order valence-electron chi connectivity index (χ2n) is 3.72. The fraction of sp³-hybridized carbons (Fsp3) is 0.300. The zero-order chi connectivity index (χ0) is 14.6. The van der Waals surface area contributed by atoms with E-state index in [1.165, 1.54) is 24.5 Å². The molecule has 0 aliphatic heterocycles. The van der Waals surface area contributed by atoms with E-state index in [2.05, 4.69) is 21.2 Å². The number of halogens is 1. The lowest BCUT2D eigenvalue weighted by Gasteiger charge is -2.07. The van der Waals surface area contributed by atoms with Gasteiger partial charge in [-0.05, 0) is 34.1 Å². The minimum absolute atomic E-state index is 0.154. The summed E-state index contributed by atoms with van der Waals surface area (Å²) < 4.78 is 33.8. The van der Waals surface area contributed by atoms with Crippen LogP contribution in [-0.2, 0) is 20.8 Å². The topological polar surface area (TPSA) is 106 Å². The molecule has 0 fully saturated rings. The van der Waals surface area contributed by atoms with Gasteiger partial charge in [0.1, 0.15) is 0 Å². The number of carbonyl (C=O) groups excluding carboxylic acids is 1. The second kappa shape index (κ2) is 6.60. The minimum atomic E-state index is -3.90. The minimum Gasteiger partial charge on any atom is -0.351 e. The van der Waals surface area contributed by atoms with E-state index in [0.717, 1.165) is 0 Å². The summed E-state index contributed by atoms with van der Waals surface area (Å²) in [5.74, 6) is -0.104. The van der Waals surface area contributed by atoms with Crippen LogP contribution in [0.4, 0.5) is 0 Å². The van der Waals surface area contributed by atoms with Gasteiger partial charge < -0.3 is 5.32 Å². The van der Waals surface area contributed by atoms with Crippen LogP contribution in [0, 0.1) is 0 Å². The van der Waals surface area contributed by atoms with Crippen molar-refractivity contribution in [2.45, 2.75) is 4.90 Å². The van der Waals surface area contributed by atoms with E-state index >= 15 is 0 Å². The van der Waals surface area contributed by atoms with E-state index in [0.29, 0.717) is 10.2 Å². The summed E-state index contributed by atoms with van der Waals surface area (Å²) in [7, 11) is -4.90. The van der Waals surface area contributed by atoms with Gasteiger partial charge in [-0.25, -0.2) is 13.6 Å². The van der Waals surface area contributed by atoms with Gasteiger partial charge in [-0.15, -0.1) is 0 Å². The van der Waals surface area contributed by atoms with Gasteiger partial charge in [-0.1, -0.05) is 0 Å². The van der Waals surface area contributed by atoms with Crippen molar-refractivity contribution in [2.24, 2.45) is 5.14 Å². The highest BCUT2D eigenvalue weighted by atomic mass is 79.9. The SMILES string of the molecule is CS(=O)CCNC(=O)c1ccc(Br)c(S(N)(=O)=O)c1. The Morgan fingerprint density at radius 1 is 1.47 bits per heavy atom. The molecule has 0 saturated heterocycles. The predicted molar refractivity (Wildman–Crippen MR) is 76.8 cm³/mol. The van der Waals surface area contributed by atoms with Crippen LogP contribution in [-0.4, -0.2) is 37.1 Å². The average Bonchev–Trinajstić information content (AvgIpc) is 2.27. The van der Waals surface area contributed by atoms with Crippen molar-refractivity contribution in [3.8, 4) is 0 Å². The third-order valence-corrected chi connectivity index (χ3v) is 4.86. The fourth-order valence-electron chi connectivity index (χ4n) is 1.27. The molecule has 1 atom stereocenters. The zero-order valence-corrected chi connectivity index (χ0v) is 13.3. The van der Waals surface area contributed by atoms with Gasteiger partial charge in [0.15, 0.2) is 0 Å². The Bertz CT molecular complexity index is 616. The van der Waals surface area contributed by atoms with Gasteiger partial charge in [0, 0.05) is 39.4 Å². The average molecular weight is 369 g/mol. The normalized spacial score (nSPS) is 13.0. The number of carbonyl (C=O) groups is 1. The molecule has 1 unspecified atom stereocenters. The van der Waals surface area contributed by atoms with E-state index in [1.807, 2.05) is 0 Å². The molecular formula is C10H13BrN2O4S2. The van der Waals surface area contributed by atoms with E-state index in [4.69, 9.17) is 5.14 Å². The van der Waals surface area contributed by atoms with Gasteiger partial charge in [0.2, 0.25) is 10.0 Å². The molecule has 0 aliphatic carbocycles. The summed E-state index contributed by atoms with van der Waals surface area (Å²) in [6, 6.07) is 4.10. The number of benzene rings is 1. The largest absolute Gasteiger partial charge is 0.351 e. The van der Waals surface area contributed by atoms with Crippen LogP contribution in [0.25, 0.3) is 0 Å². The van der Waals surface area contributed by atoms with Crippen LogP contribution in [0.5, 0.6) is 0 Å². The van der Waals surface area contributed by atoms with Gasteiger partial charge in [-0.2, -0.15) is 0 Å². The van der Waals surface area contributed by atoms with Gasteiger partial charge in [-0.3, -0.25) is 9.00 Å². The molecule has 9 heteroatoms. The second-order valence-corrected chi connectivity index (χ2v) is 7.66. The molecule has 0 saturated carbocycles. The number of hydrogen-bond donors (Lipinski definition) is 2. The Kier molecular flexibility index (Phi) is 5.65. The lowest BCUT2D eigenvalue weighted by molar-refractivity contribution is 0.0956. The maximum Gasteiger partial charge on any atom is 0.251 e. The molecule has 0 spiro atoms. The van der Waals surface area contributed by atoms with Crippen LogP contribution in [0.15, 0.2) is 27.6 Å². The van der Waals surface area contributed by atoms with Crippen LogP contribution < -0.4 is 10.5 Å². The van der Waals surface area contributed by atoms with Crippen molar-refractivity contribution in [2.75, 3.05) is 18.6 Å². The number of nitrogens with two attached hydrogens (primary N) is 1. The van der Waals surface area contributed by atoms with Crippen LogP contribution in [0.2, 0.25) is 0 Å². The molecule has 6 nitrogen and oxygen atoms in total. The quantitative estimate of drug-likeness (QED) is 0.774. The van der Waals surface area contributed by atoms with E-state index in [1.54, 1.807) is 0 Å². The lowest BCUT2D eigenvalue weighted by Crippen LogP contribution is -2.27. The van der Waals surface area contributed by atoms with Crippen LogP contribution >= 0.6 is 15.9 Å². The Balaban J connectivity index is 2.91. The van der Waals surface area contributed by atoms with Crippen LogP contribution in [0.3, 0.4) is 0 Å². The number of amides is 1. The molecular weight excluding hydrogens is 356 g/mol. The summed E-state index contributed by atoms with van der Waals surface area (Å²) in [5, 5.41) is 7.58. The molecule has 0 radical (unpaired) electrons. The summed E-state index contributed by atoms with van der Waals surface area (Å²) in [6.07, 6.45) is 1.53. The maximum atomic E-state index is 11.8. The number of sulfonamides is 1. The van der Waals surface area contributed by atoms with E-state index in [9.17, 15) is 17.4 Å². The highest BCUT2D eigenvalue weighted by molar-refractivity contribution is 9.10. The molecule has 1 amide bonds. The molecule has 0 heterocycles. The zero-order valence-electron chi connectivity index (χ0n) is 10.1. The van der Waals surface area contributed by atoms with Gasteiger partial charge in [0.05, 0.1) is 4.90 Å². The predicted octanol–water partition coefficient (Wildman–Crippen LogP) is 0.205. The highest BCUT2D eigenvalue weighted by Gasteiger charge is 2.15. The molecule has 0 aromatic heterocycles.